The van der Waals surface area contributed by atoms with Gasteiger partial charge in [-0.1, -0.05) is 37.3 Å². The lowest BCUT2D eigenvalue weighted by atomic mass is 10.1. The van der Waals surface area contributed by atoms with E-state index in [2.05, 4.69) is 0 Å². The van der Waals surface area contributed by atoms with E-state index in [0.29, 0.717) is 24.4 Å². The summed E-state index contributed by atoms with van der Waals surface area (Å²) in [5.74, 6) is 0.588. The van der Waals surface area contributed by atoms with Gasteiger partial charge in [-0.2, -0.15) is 0 Å². The number of carbonyl (C=O) groups excluding carboxylic acids is 1. The maximum atomic E-state index is 12.7. The molecule has 0 unspecified atom stereocenters. The van der Waals surface area contributed by atoms with Crippen LogP contribution in [0.5, 0.6) is 0 Å². The third-order valence-corrected chi connectivity index (χ3v) is 3.44. The number of nitrogens with zero attached hydrogens (tertiary/aromatic N) is 1. The van der Waals surface area contributed by atoms with Crippen LogP contribution >= 0.6 is 0 Å². The maximum Gasteiger partial charge on any atom is 0.257 e. The van der Waals surface area contributed by atoms with Gasteiger partial charge in [-0.15, -0.1) is 0 Å². The second kappa shape index (κ2) is 7.09. The van der Waals surface area contributed by atoms with Gasteiger partial charge in [0.25, 0.3) is 5.91 Å². The summed E-state index contributed by atoms with van der Waals surface area (Å²) in [4.78, 5) is 14.4. The molecule has 1 heterocycles. The van der Waals surface area contributed by atoms with Crippen LogP contribution in [0.15, 0.2) is 47.1 Å². The molecule has 0 radical (unpaired) electrons. The van der Waals surface area contributed by atoms with Crippen molar-refractivity contribution < 1.29 is 14.3 Å². The minimum Gasteiger partial charge on any atom is -0.469 e. The Labute approximate surface area is 125 Å². The van der Waals surface area contributed by atoms with E-state index in [1.165, 1.54) is 6.26 Å². The van der Waals surface area contributed by atoms with Crippen molar-refractivity contribution in [3.05, 3.63) is 59.5 Å². The van der Waals surface area contributed by atoms with Crippen LogP contribution in [-0.4, -0.2) is 29.1 Å². The zero-order chi connectivity index (χ0) is 15.2. The molecular formula is C17H21NO3. The van der Waals surface area contributed by atoms with Gasteiger partial charge in [0.2, 0.25) is 0 Å². The highest BCUT2D eigenvalue weighted by molar-refractivity contribution is 5.95. The van der Waals surface area contributed by atoms with Gasteiger partial charge in [-0.3, -0.25) is 4.79 Å². The Kier molecular flexibility index (Phi) is 5.17. The van der Waals surface area contributed by atoms with E-state index in [1.807, 2.05) is 37.3 Å². The Morgan fingerprint density at radius 2 is 2.00 bits per heavy atom. The van der Waals surface area contributed by atoms with Gasteiger partial charge >= 0.3 is 0 Å². The Morgan fingerprint density at radius 3 is 2.57 bits per heavy atom. The number of aliphatic hydroxyl groups excluding tert-OH is 1. The fourth-order valence-electron chi connectivity index (χ4n) is 2.23. The van der Waals surface area contributed by atoms with E-state index in [1.54, 1.807) is 17.9 Å². The Bertz CT molecular complexity index is 577. The summed E-state index contributed by atoms with van der Waals surface area (Å²) in [5.41, 5.74) is 1.65. The van der Waals surface area contributed by atoms with Crippen molar-refractivity contribution in [3.8, 4) is 0 Å². The van der Waals surface area contributed by atoms with E-state index in [0.717, 1.165) is 5.56 Å². The first-order chi connectivity index (χ1) is 10.1. The molecule has 4 nitrogen and oxygen atoms in total. The number of carbonyl (C=O) groups is 1. The van der Waals surface area contributed by atoms with E-state index in [-0.39, 0.29) is 18.4 Å². The molecule has 0 spiro atoms. The summed E-state index contributed by atoms with van der Waals surface area (Å²) in [6.45, 7) is 4.79. The second-order valence-corrected chi connectivity index (χ2v) is 5.35. The summed E-state index contributed by atoms with van der Waals surface area (Å²) < 4.78 is 5.22. The smallest absolute Gasteiger partial charge is 0.257 e. The summed E-state index contributed by atoms with van der Waals surface area (Å²) in [5, 5.41) is 9.26. The van der Waals surface area contributed by atoms with Crippen molar-refractivity contribution in [3.63, 3.8) is 0 Å². The number of rotatable bonds is 6. The number of aryl methyl sites for hydroxylation is 1. The van der Waals surface area contributed by atoms with E-state index in [9.17, 15) is 9.90 Å². The summed E-state index contributed by atoms with van der Waals surface area (Å²) >= 11 is 0. The fourth-order valence-corrected chi connectivity index (χ4v) is 2.23. The first-order valence-electron chi connectivity index (χ1n) is 7.10. The number of furan rings is 1. The van der Waals surface area contributed by atoms with Crippen LogP contribution < -0.4 is 0 Å². The third kappa shape index (κ3) is 3.95. The van der Waals surface area contributed by atoms with Crippen LogP contribution in [0.1, 0.15) is 28.6 Å². The molecule has 1 aromatic carbocycles. The predicted molar refractivity (Wildman–Crippen MR) is 80.9 cm³/mol. The van der Waals surface area contributed by atoms with Gasteiger partial charge in [-0.25, -0.2) is 0 Å². The SMILES string of the molecule is Cc1occc1C(=O)N(Cc1ccccc1)C[C@H](C)CO. The largest absolute Gasteiger partial charge is 0.469 e. The average molecular weight is 287 g/mol. The number of aliphatic hydroxyl groups is 1. The predicted octanol–water partition coefficient (Wildman–Crippen LogP) is 2.86. The van der Waals surface area contributed by atoms with Crippen LogP contribution in [0.25, 0.3) is 0 Å². The van der Waals surface area contributed by atoms with Crippen molar-refractivity contribution in [2.24, 2.45) is 5.92 Å². The zero-order valence-corrected chi connectivity index (χ0v) is 12.5. The van der Waals surface area contributed by atoms with Crippen molar-refractivity contribution in [2.45, 2.75) is 20.4 Å². The minimum absolute atomic E-state index is 0.0323. The fraction of sp³-hybridized carbons (Fsp3) is 0.353. The van der Waals surface area contributed by atoms with Crippen molar-refractivity contribution in [1.82, 2.24) is 4.90 Å². The molecule has 21 heavy (non-hydrogen) atoms. The van der Waals surface area contributed by atoms with Crippen molar-refractivity contribution in [2.75, 3.05) is 13.2 Å². The highest BCUT2D eigenvalue weighted by atomic mass is 16.3. The highest BCUT2D eigenvalue weighted by Crippen LogP contribution is 2.16. The lowest BCUT2D eigenvalue weighted by molar-refractivity contribution is 0.0693. The number of hydrogen-bond acceptors (Lipinski definition) is 3. The second-order valence-electron chi connectivity index (χ2n) is 5.35. The molecule has 112 valence electrons. The van der Waals surface area contributed by atoms with Gasteiger partial charge in [0.05, 0.1) is 11.8 Å². The van der Waals surface area contributed by atoms with Crippen LogP contribution in [0.3, 0.4) is 0 Å². The topological polar surface area (TPSA) is 53.7 Å². The first-order valence-corrected chi connectivity index (χ1v) is 7.10. The van der Waals surface area contributed by atoms with Crippen LogP contribution in [-0.2, 0) is 6.54 Å². The number of benzene rings is 1. The Balaban J connectivity index is 2.19. The molecule has 0 bridgehead atoms. The van der Waals surface area contributed by atoms with Gasteiger partial charge in [0, 0.05) is 19.7 Å². The first kappa shape index (κ1) is 15.3. The molecule has 0 fully saturated rings. The molecule has 0 aliphatic carbocycles. The van der Waals surface area contributed by atoms with Gasteiger partial charge in [-0.05, 0) is 24.5 Å². The van der Waals surface area contributed by atoms with Gasteiger partial charge < -0.3 is 14.4 Å². The molecule has 2 rings (SSSR count). The van der Waals surface area contributed by atoms with Gasteiger partial charge in [0.15, 0.2) is 0 Å². The van der Waals surface area contributed by atoms with E-state index < -0.39 is 0 Å². The van der Waals surface area contributed by atoms with E-state index in [4.69, 9.17) is 4.42 Å². The molecule has 1 aromatic heterocycles. The lowest BCUT2D eigenvalue weighted by Gasteiger charge is -2.25. The Hall–Kier alpha value is -2.07. The monoisotopic (exact) mass is 287 g/mol. The van der Waals surface area contributed by atoms with Crippen molar-refractivity contribution in [1.29, 1.82) is 0 Å². The maximum absolute atomic E-state index is 12.7. The molecule has 1 amide bonds. The molecule has 2 aromatic rings. The Morgan fingerprint density at radius 1 is 1.29 bits per heavy atom. The summed E-state index contributed by atoms with van der Waals surface area (Å²) in [6.07, 6.45) is 1.53. The lowest BCUT2D eigenvalue weighted by Crippen LogP contribution is -2.35. The molecular weight excluding hydrogens is 266 g/mol. The molecule has 0 saturated carbocycles. The molecule has 0 saturated heterocycles. The normalized spacial score (nSPS) is 12.1. The quantitative estimate of drug-likeness (QED) is 0.889. The van der Waals surface area contributed by atoms with Crippen molar-refractivity contribution >= 4 is 5.91 Å². The van der Waals surface area contributed by atoms with E-state index >= 15 is 0 Å². The van der Waals surface area contributed by atoms with Crippen LogP contribution in [0.4, 0.5) is 0 Å². The minimum atomic E-state index is -0.0644. The number of amides is 1. The summed E-state index contributed by atoms with van der Waals surface area (Å²) in [6, 6.07) is 11.5. The molecule has 0 aliphatic heterocycles. The summed E-state index contributed by atoms with van der Waals surface area (Å²) in [7, 11) is 0. The van der Waals surface area contributed by atoms with Crippen LogP contribution in [0, 0.1) is 12.8 Å². The number of hydrogen-bond donors (Lipinski definition) is 1. The zero-order valence-electron chi connectivity index (χ0n) is 12.5. The molecule has 1 atom stereocenters. The van der Waals surface area contributed by atoms with Crippen LogP contribution in [0.2, 0.25) is 0 Å². The standard InChI is InChI=1S/C17H21NO3/c1-13(12-19)10-18(11-15-6-4-3-5-7-15)17(20)16-8-9-21-14(16)2/h3-9,13,19H,10-12H2,1-2H3/t13-/m0/s1. The van der Waals surface area contributed by atoms with Gasteiger partial charge in [0.1, 0.15) is 5.76 Å². The third-order valence-electron chi connectivity index (χ3n) is 3.44. The molecule has 0 aliphatic rings. The molecule has 4 heteroatoms. The average Bonchev–Trinajstić information content (AvgIpc) is 2.93. The molecule has 1 N–H and O–H groups in total. The highest BCUT2D eigenvalue weighted by Gasteiger charge is 2.21.